The molecule has 0 radical (unpaired) electrons. The fourth-order valence-electron chi connectivity index (χ4n) is 1.40. The van der Waals surface area contributed by atoms with Crippen LogP contribution in [0.1, 0.15) is 10.5 Å². The molecular weight excluding hydrogens is 287 g/mol. The van der Waals surface area contributed by atoms with E-state index in [1.807, 2.05) is 0 Å². The van der Waals surface area contributed by atoms with Gasteiger partial charge in [-0.05, 0) is 24.3 Å². The maximum atomic E-state index is 13.3. The van der Waals surface area contributed by atoms with E-state index in [1.54, 1.807) is 0 Å². The number of nitrogen functional groups attached to an aromatic ring is 1. The summed E-state index contributed by atoms with van der Waals surface area (Å²) in [5.41, 5.74) is 5.92. The van der Waals surface area contributed by atoms with Crippen molar-refractivity contribution in [3.8, 4) is 11.6 Å². The number of hydrogen-bond donors (Lipinski definition) is 1. The fraction of sp³-hybridized carbons (Fsp3) is 0.0769. The quantitative estimate of drug-likeness (QED) is 0.881. The Hall–Kier alpha value is -2.34. The fourth-order valence-corrected chi connectivity index (χ4v) is 1.52. The molecule has 1 aromatic carbocycles. The van der Waals surface area contributed by atoms with Crippen LogP contribution in [0.4, 0.5) is 10.1 Å². The van der Waals surface area contributed by atoms with E-state index in [0.717, 1.165) is 6.07 Å². The van der Waals surface area contributed by atoms with E-state index in [-0.39, 0.29) is 28.0 Å². The van der Waals surface area contributed by atoms with Crippen molar-refractivity contribution in [1.82, 2.24) is 4.98 Å². The summed E-state index contributed by atoms with van der Waals surface area (Å²) in [6.45, 7) is 0. The molecule has 0 amide bonds. The summed E-state index contributed by atoms with van der Waals surface area (Å²) < 4.78 is 23.2. The lowest BCUT2D eigenvalue weighted by Crippen LogP contribution is -2.06. The molecule has 0 spiro atoms. The summed E-state index contributed by atoms with van der Waals surface area (Å²) in [4.78, 5) is 15.3. The van der Waals surface area contributed by atoms with Crippen LogP contribution >= 0.6 is 11.6 Å². The second kappa shape index (κ2) is 5.75. The number of anilines is 1. The Balaban J connectivity index is 2.32. The van der Waals surface area contributed by atoms with Gasteiger partial charge in [0.05, 0.1) is 17.8 Å². The largest absolute Gasteiger partial charge is 0.464 e. The lowest BCUT2D eigenvalue weighted by atomic mass is 10.3. The number of pyridine rings is 1. The van der Waals surface area contributed by atoms with Crippen molar-refractivity contribution >= 4 is 23.3 Å². The smallest absolute Gasteiger partial charge is 0.356 e. The average Bonchev–Trinajstić information content (AvgIpc) is 2.44. The molecule has 20 heavy (non-hydrogen) atoms. The summed E-state index contributed by atoms with van der Waals surface area (Å²) in [6.07, 6.45) is 0. The van der Waals surface area contributed by atoms with Crippen molar-refractivity contribution in [1.29, 1.82) is 0 Å². The van der Waals surface area contributed by atoms with Gasteiger partial charge in [0.1, 0.15) is 11.6 Å². The number of carbonyl (C=O) groups excluding carboxylic acids is 1. The minimum atomic E-state index is -0.633. The normalized spacial score (nSPS) is 10.2. The van der Waals surface area contributed by atoms with Crippen LogP contribution in [0.2, 0.25) is 5.02 Å². The standard InChI is InChI=1S/C13H10ClFN2O3/c1-19-13(18)11-5-4-10(16)12(17-11)20-7-2-3-8(14)9(15)6-7/h2-6H,16H2,1H3. The predicted octanol–water partition coefficient (Wildman–Crippen LogP) is 3.04. The van der Waals surface area contributed by atoms with Gasteiger partial charge in [0.25, 0.3) is 0 Å². The number of benzene rings is 1. The first-order valence-corrected chi connectivity index (χ1v) is 5.87. The first-order valence-electron chi connectivity index (χ1n) is 5.49. The summed E-state index contributed by atoms with van der Waals surface area (Å²) in [5, 5.41) is -0.0263. The van der Waals surface area contributed by atoms with Gasteiger partial charge < -0.3 is 15.2 Å². The summed E-state index contributed by atoms with van der Waals surface area (Å²) in [6, 6.07) is 6.73. The van der Waals surface area contributed by atoms with Crippen molar-refractivity contribution in [2.75, 3.05) is 12.8 Å². The molecule has 5 nitrogen and oxygen atoms in total. The first-order chi connectivity index (χ1) is 9.51. The van der Waals surface area contributed by atoms with Gasteiger partial charge in [0, 0.05) is 6.07 Å². The Morgan fingerprint density at radius 1 is 1.35 bits per heavy atom. The van der Waals surface area contributed by atoms with Crippen LogP contribution in [-0.4, -0.2) is 18.1 Å². The van der Waals surface area contributed by atoms with Gasteiger partial charge in [-0.2, -0.15) is 0 Å². The van der Waals surface area contributed by atoms with Gasteiger partial charge in [-0.15, -0.1) is 0 Å². The highest BCUT2D eigenvalue weighted by Gasteiger charge is 2.12. The molecule has 2 rings (SSSR count). The monoisotopic (exact) mass is 296 g/mol. The van der Waals surface area contributed by atoms with E-state index < -0.39 is 11.8 Å². The third kappa shape index (κ3) is 2.97. The van der Waals surface area contributed by atoms with Crippen LogP contribution in [-0.2, 0) is 4.74 Å². The van der Waals surface area contributed by atoms with Gasteiger partial charge in [-0.1, -0.05) is 11.6 Å². The zero-order valence-electron chi connectivity index (χ0n) is 10.4. The second-order valence-electron chi connectivity index (χ2n) is 3.76. The number of ether oxygens (including phenoxy) is 2. The molecule has 1 heterocycles. The van der Waals surface area contributed by atoms with E-state index in [0.29, 0.717) is 0 Å². The third-order valence-electron chi connectivity index (χ3n) is 2.39. The van der Waals surface area contributed by atoms with Crippen molar-refractivity contribution in [3.63, 3.8) is 0 Å². The van der Waals surface area contributed by atoms with Gasteiger partial charge in [0.15, 0.2) is 5.69 Å². The first kappa shape index (κ1) is 14.1. The van der Waals surface area contributed by atoms with E-state index in [9.17, 15) is 9.18 Å². The SMILES string of the molecule is COC(=O)c1ccc(N)c(Oc2ccc(Cl)c(F)c2)n1. The molecule has 0 atom stereocenters. The Kier molecular flexibility index (Phi) is 4.05. The van der Waals surface area contributed by atoms with Crippen LogP contribution < -0.4 is 10.5 Å². The highest BCUT2D eigenvalue weighted by Crippen LogP contribution is 2.28. The van der Waals surface area contributed by atoms with E-state index >= 15 is 0 Å². The van der Waals surface area contributed by atoms with Crippen molar-refractivity contribution in [3.05, 3.63) is 46.9 Å². The van der Waals surface area contributed by atoms with Crippen LogP contribution in [0.15, 0.2) is 30.3 Å². The molecule has 1 aromatic heterocycles. The Morgan fingerprint density at radius 3 is 2.75 bits per heavy atom. The molecule has 0 saturated heterocycles. The van der Waals surface area contributed by atoms with Crippen molar-refractivity contribution in [2.45, 2.75) is 0 Å². The molecule has 2 N–H and O–H groups in total. The van der Waals surface area contributed by atoms with Crippen LogP contribution in [0, 0.1) is 5.82 Å². The van der Waals surface area contributed by atoms with Crippen LogP contribution in [0.25, 0.3) is 0 Å². The maximum absolute atomic E-state index is 13.3. The molecule has 104 valence electrons. The number of rotatable bonds is 3. The summed E-state index contributed by atoms with van der Waals surface area (Å²) in [7, 11) is 1.23. The molecular formula is C13H10ClFN2O3. The van der Waals surface area contributed by atoms with Gasteiger partial charge in [-0.3, -0.25) is 0 Å². The highest BCUT2D eigenvalue weighted by molar-refractivity contribution is 6.30. The molecule has 0 fully saturated rings. The predicted molar refractivity (Wildman–Crippen MR) is 71.5 cm³/mol. The molecule has 7 heteroatoms. The number of nitrogens with two attached hydrogens (primary N) is 1. The molecule has 2 aromatic rings. The number of nitrogens with zero attached hydrogens (tertiary/aromatic N) is 1. The average molecular weight is 297 g/mol. The van der Waals surface area contributed by atoms with E-state index in [1.165, 1.54) is 31.4 Å². The second-order valence-corrected chi connectivity index (χ2v) is 4.17. The summed E-state index contributed by atoms with van der Waals surface area (Å²) in [5.74, 6) is -1.12. The van der Waals surface area contributed by atoms with Crippen molar-refractivity contribution < 1.29 is 18.7 Å². The maximum Gasteiger partial charge on any atom is 0.356 e. The van der Waals surface area contributed by atoms with Crippen LogP contribution in [0.3, 0.4) is 0 Å². The van der Waals surface area contributed by atoms with Gasteiger partial charge >= 0.3 is 5.97 Å². The zero-order valence-corrected chi connectivity index (χ0v) is 11.1. The van der Waals surface area contributed by atoms with Gasteiger partial charge in [-0.25, -0.2) is 14.2 Å². The molecule has 0 aliphatic rings. The van der Waals surface area contributed by atoms with Crippen LogP contribution in [0.5, 0.6) is 11.6 Å². The van der Waals surface area contributed by atoms with Gasteiger partial charge in [0.2, 0.25) is 5.88 Å². The lowest BCUT2D eigenvalue weighted by molar-refractivity contribution is 0.0593. The molecule has 0 aliphatic heterocycles. The molecule has 0 bridgehead atoms. The number of esters is 1. The Labute approximate surface area is 119 Å². The number of aromatic nitrogens is 1. The highest BCUT2D eigenvalue weighted by atomic mass is 35.5. The molecule has 0 unspecified atom stereocenters. The Morgan fingerprint density at radius 2 is 2.10 bits per heavy atom. The minimum Gasteiger partial charge on any atom is -0.464 e. The number of halogens is 2. The lowest BCUT2D eigenvalue weighted by Gasteiger charge is -2.09. The van der Waals surface area contributed by atoms with E-state index in [4.69, 9.17) is 22.1 Å². The number of hydrogen-bond acceptors (Lipinski definition) is 5. The minimum absolute atomic E-state index is 0.0189. The number of methoxy groups -OCH3 is 1. The topological polar surface area (TPSA) is 74.4 Å². The van der Waals surface area contributed by atoms with Crippen molar-refractivity contribution in [2.24, 2.45) is 0 Å². The number of carbonyl (C=O) groups is 1. The third-order valence-corrected chi connectivity index (χ3v) is 2.70. The zero-order chi connectivity index (χ0) is 14.7. The van der Waals surface area contributed by atoms with E-state index in [2.05, 4.69) is 9.72 Å². The Bertz CT molecular complexity index is 664. The molecule has 0 saturated carbocycles. The molecule has 0 aliphatic carbocycles. The summed E-state index contributed by atoms with van der Waals surface area (Å²) >= 11 is 5.57.